The van der Waals surface area contributed by atoms with E-state index < -0.39 is 0 Å². The van der Waals surface area contributed by atoms with Gasteiger partial charge in [-0.2, -0.15) is 0 Å². The van der Waals surface area contributed by atoms with E-state index in [1.807, 2.05) is 7.05 Å². The highest BCUT2D eigenvalue weighted by molar-refractivity contribution is 7.10. The fourth-order valence-corrected chi connectivity index (χ4v) is 1.87. The summed E-state index contributed by atoms with van der Waals surface area (Å²) >= 11 is 1.73. The molecular weight excluding hydrogens is 156 g/mol. The van der Waals surface area contributed by atoms with Crippen LogP contribution in [0.25, 0.3) is 0 Å². The summed E-state index contributed by atoms with van der Waals surface area (Å²) in [6, 6.07) is 0. The van der Waals surface area contributed by atoms with Crippen LogP contribution in [0.3, 0.4) is 0 Å². The van der Waals surface area contributed by atoms with E-state index in [1.165, 1.54) is 5.01 Å². The third-order valence-corrected chi connectivity index (χ3v) is 2.26. The van der Waals surface area contributed by atoms with E-state index >= 15 is 0 Å². The van der Waals surface area contributed by atoms with Gasteiger partial charge >= 0.3 is 0 Å². The van der Waals surface area contributed by atoms with Gasteiger partial charge in [-0.05, 0) is 5.92 Å². The van der Waals surface area contributed by atoms with E-state index in [0.29, 0.717) is 5.92 Å². The number of rotatable bonds is 3. The fourth-order valence-electron chi connectivity index (χ4n) is 0.869. The second-order valence-corrected chi connectivity index (χ2v) is 3.92. The molecule has 0 aromatic carbocycles. The number of anilines is 1. The van der Waals surface area contributed by atoms with Crippen molar-refractivity contribution in [3.63, 3.8) is 0 Å². The minimum atomic E-state index is 0.700. The van der Waals surface area contributed by atoms with E-state index in [9.17, 15) is 0 Å². The molecule has 0 spiro atoms. The zero-order valence-electron chi connectivity index (χ0n) is 7.22. The van der Waals surface area contributed by atoms with Crippen LogP contribution < -0.4 is 5.32 Å². The number of hydrogen-bond acceptors (Lipinski definition) is 3. The Morgan fingerprint density at radius 2 is 2.36 bits per heavy atom. The third-order valence-electron chi connectivity index (χ3n) is 1.39. The van der Waals surface area contributed by atoms with Crippen molar-refractivity contribution in [3.8, 4) is 0 Å². The zero-order chi connectivity index (χ0) is 8.27. The van der Waals surface area contributed by atoms with E-state index in [2.05, 4.69) is 29.5 Å². The number of hydrogen-bond donors (Lipinski definition) is 1. The molecule has 0 aliphatic carbocycles. The molecule has 0 bridgehead atoms. The Kier molecular flexibility index (Phi) is 2.88. The van der Waals surface area contributed by atoms with Crippen molar-refractivity contribution in [3.05, 3.63) is 10.4 Å². The first-order valence-corrected chi connectivity index (χ1v) is 4.72. The topological polar surface area (TPSA) is 24.9 Å². The summed E-state index contributed by atoms with van der Waals surface area (Å²) in [6.45, 7) is 4.42. The largest absolute Gasteiger partial charge is 0.372 e. The minimum Gasteiger partial charge on any atom is -0.372 e. The lowest BCUT2D eigenvalue weighted by Gasteiger charge is -1.98. The monoisotopic (exact) mass is 170 g/mol. The quantitative estimate of drug-likeness (QED) is 0.753. The predicted molar refractivity (Wildman–Crippen MR) is 50.2 cm³/mol. The van der Waals surface area contributed by atoms with Gasteiger partial charge in [-0.1, -0.05) is 13.8 Å². The molecule has 11 heavy (non-hydrogen) atoms. The van der Waals surface area contributed by atoms with Gasteiger partial charge in [0.2, 0.25) is 0 Å². The van der Waals surface area contributed by atoms with Gasteiger partial charge in [0.15, 0.2) is 0 Å². The Morgan fingerprint density at radius 1 is 1.64 bits per heavy atom. The molecule has 1 aromatic heterocycles. The van der Waals surface area contributed by atoms with Gasteiger partial charge in [-0.15, -0.1) is 11.3 Å². The molecule has 0 radical (unpaired) electrons. The van der Waals surface area contributed by atoms with Gasteiger partial charge in [-0.3, -0.25) is 0 Å². The van der Waals surface area contributed by atoms with Crippen LogP contribution in [0.1, 0.15) is 18.9 Å². The fraction of sp³-hybridized carbons (Fsp3) is 0.625. The van der Waals surface area contributed by atoms with E-state index in [-0.39, 0.29) is 0 Å². The number of nitrogens with zero attached hydrogens (tertiary/aromatic N) is 1. The number of thiazole rings is 1. The molecule has 0 saturated carbocycles. The van der Waals surface area contributed by atoms with Gasteiger partial charge in [0, 0.05) is 18.8 Å². The molecule has 1 heterocycles. The second kappa shape index (κ2) is 3.72. The van der Waals surface area contributed by atoms with Gasteiger partial charge in [-0.25, -0.2) is 4.98 Å². The SMILES string of the molecule is CNc1csc(CC(C)C)n1. The highest BCUT2D eigenvalue weighted by atomic mass is 32.1. The van der Waals surface area contributed by atoms with Crippen LogP contribution in [0.5, 0.6) is 0 Å². The maximum Gasteiger partial charge on any atom is 0.137 e. The Morgan fingerprint density at radius 3 is 2.82 bits per heavy atom. The van der Waals surface area contributed by atoms with Crippen LogP contribution in [-0.4, -0.2) is 12.0 Å². The van der Waals surface area contributed by atoms with Crippen molar-refractivity contribution in [1.82, 2.24) is 4.98 Å². The summed E-state index contributed by atoms with van der Waals surface area (Å²) in [7, 11) is 1.90. The van der Waals surface area contributed by atoms with Crippen molar-refractivity contribution in [2.75, 3.05) is 12.4 Å². The Bertz CT molecular complexity index is 218. The Balaban J connectivity index is 2.58. The predicted octanol–water partition coefficient (Wildman–Crippen LogP) is 2.38. The molecule has 0 fully saturated rings. The first-order valence-electron chi connectivity index (χ1n) is 3.84. The van der Waals surface area contributed by atoms with Gasteiger partial charge in [0.25, 0.3) is 0 Å². The molecular formula is C8H14N2S. The van der Waals surface area contributed by atoms with Crippen LogP contribution in [-0.2, 0) is 6.42 Å². The average molecular weight is 170 g/mol. The second-order valence-electron chi connectivity index (χ2n) is 2.97. The molecule has 1 aromatic rings. The third kappa shape index (κ3) is 2.50. The molecule has 0 amide bonds. The standard InChI is InChI=1S/C8H14N2S/c1-6(2)4-8-10-7(9-3)5-11-8/h5-6,9H,4H2,1-3H3. The first-order chi connectivity index (χ1) is 5.22. The molecule has 62 valence electrons. The molecule has 0 aliphatic rings. The van der Waals surface area contributed by atoms with E-state index in [0.717, 1.165) is 12.2 Å². The minimum absolute atomic E-state index is 0.700. The van der Waals surface area contributed by atoms with Crippen LogP contribution in [0, 0.1) is 5.92 Å². The Labute approximate surface area is 71.7 Å². The van der Waals surface area contributed by atoms with Gasteiger partial charge in [0.05, 0.1) is 5.01 Å². The van der Waals surface area contributed by atoms with Crippen molar-refractivity contribution < 1.29 is 0 Å². The highest BCUT2D eigenvalue weighted by Gasteiger charge is 2.01. The summed E-state index contributed by atoms with van der Waals surface area (Å²) in [5, 5.41) is 6.30. The zero-order valence-corrected chi connectivity index (χ0v) is 8.03. The van der Waals surface area contributed by atoms with Crippen molar-refractivity contribution in [2.45, 2.75) is 20.3 Å². The lowest BCUT2D eigenvalue weighted by molar-refractivity contribution is 0.645. The summed E-state index contributed by atoms with van der Waals surface area (Å²) < 4.78 is 0. The van der Waals surface area contributed by atoms with Crippen LogP contribution in [0.2, 0.25) is 0 Å². The highest BCUT2D eigenvalue weighted by Crippen LogP contribution is 2.16. The number of nitrogens with one attached hydrogen (secondary N) is 1. The van der Waals surface area contributed by atoms with Gasteiger partial charge < -0.3 is 5.32 Å². The van der Waals surface area contributed by atoms with Crippen molar-refractivity contribution >= 4 is 17.2 Å². The van der Waals surface area contributed by atoms with Crippen LogP contribution in [0.4, 0.5) is 5.82 Å². The molecule has 0 saturated heterocycles. The molecule has 0 atom stereocenters. The average Bonchev–Trinajstić information content (AvgIpc) is 2.34. The lowest BCUT2D eigenvalue weighted by Crippen LogP contribution is -1.94. The van der Waals surface area contributed by atoms with Crippen molar-refractivity contribution in [1.29, 1.82) is 0 Å². The van der Waals surface area contributed by atoms with E-state index in [4.69, 9.17) is 0 Å². The molecule has 1 N–H and O–H groups in total. The normalized spacial score (nSPS) is 10.5. The van der Waals surface area contributed by atoms with Crippen molar-refractivity contribution in [2.24, 2.45) is 5.92 Å². The van der Waals surface area contributed by atoms with Crippen LogP contribution in [0.15, 0.2) is 5.38 Å². The Hall–Kier alpha value is -0.570. The lowest BCUT2D eigenvalue weighted by atomic mass is 10.1. The summed E-state index contributed by atoms with van der Waals surface area (Å²) in [6.07, 6.45) is 1.09. The van der Waals surface area contributed by atoms with Crippen LogP contribution >= 0.6 is 11.3 Å². The summed E-state index contributed by atoms with van der Waals surface area (Å²) in [5.41, 5.74) is 0. The maximum atomic E-state index is 4.38. The molecule has 2 nitrogen and oxygen atoms in total. The molecule has 1 rings (SSSR count). The summed E-state index contributed by atoms with van der Waals surface area (Å²) in [5.74, 6) is 1.69. The van der Waals surface area contributed by atoms with Gasteiger partial charge in [0.1, 0.15) is 5.82 Å². The molecule has 0 aliphatic heterocycles. The van der Waals surface area contributed by atoms with E-state index in [1.54, 1.807) is 11.3 Å². The first kappa shape index (κ1) is 8.53. The number of aromatic nitrogens is 1. The molecule has 3 heteroatoms. The maximum absolute atomic E-state index is 4.38. The summed E-state index contributed by atoms with van der Waals surface area (Å²) in [4.78, 5) is 4.38. The smallest absolute Gasteiger partial charge is 0.137 e. The molecule has 0 unspecified atom stereocenters.